The summed E-state index contributed by atoms with van der Waals surface area (Å²) >= 11 is 0. The molecule has 0 amide bonds. The highest BCUT2D eigenvalue weighted by Gasteiger charge is 2.14. The number of nitrogens with zero attached hydrogens (tertiary/aromatic N) is 3. The van der Waals surface area contributed by atoms with Crippen LogP contribution in [0.3, 0.4) is 0 Å². The molecule has 1 aromatic rings. The highest BCUT2D eigenvalue weighted by Crippen LogP contribution is 2.16. The second-order valence-corrected chi connectivity index (χ2v) is 4.57. The smallest absolute Gasteiger partial charge is 0.200 e. The number of likely N-dealkylation sites (tertiary alicyclic amines) is 1. The molecule has 0 spiro atoms. The maximum Gasteiger partial charge on any atom is 0.200 e. The molecule has 1 aromatic heterocycles. The molecule has 0 saturated carbocycles. The second kappa shape index (κ2) is 4.23. The van der Waals surface area contributed by atoms with Crippen molar-refractivity contribution in [3.8, 4) is 0 Å². The van der Waals surface area contributed by atoms with Gasteiger partial charge in [0, 0.05) is 18.8 Å². The molecule has 1 saturated heterocycles. The molecule has 1 fully saturated rings. The summed E-state index contributed by atoms with van der Waals surface area (Å²) in [6.07, 6.45) is 4.72. The van der Waals surface area contributed by atoms with Gasteiger partial charge in [-0.2, -0.15) is 0 Å². The third-order valence-corrected chi connectivity index (χ3v) is 2.95. The van der Waals surface area contributed by atoms with Gasteiger partial charge in [-0.1, -0.05) is 0 Å². The third-order valence-electron chi connectivity index (χ3n) is 2.95. The molecule has 0 aliphatic carbocycles. The van der Waals surface area contributed by atoms with Gasteiger partial charge in [0.25, 0.3) is 0 Å². The van der Waals surface area contributed by atoms with Crippen LogP contribution in [0.25, 0.3) is 0 Å². The average Bonchev–Trinajstić information content (AvgIpc) is 2.75. The van der Waals surface area contributed by atoms with Crippen molar-refractivity contribution in [2.24, 2.45) is 0 Å². The zero-order valence-electron chi connectivity index (χ0n) is 9.61. The quantitative estimate of drug-likeness (QED) is 0.821. The van der Waals surface area contributed by atoms with Crippen molar-refractivity contribution in [2.45, 2.75) is 39.3 Å². The molecule has 4 heteroatoms. The van der Waals surface area contributed by atoms with Crippen molar-refractivity contribution in [2.75, 3.05) is 18.8 Å². The summed E-state index contributed by atoms with van der Waals surface area (Å²) in [7, 11) is 0. The van der Waals surface area contributed by atoms with E-state index >= 15 is 0 Å². The van der Waals surface area contributed by atoms with Crippen LogP contribution < -0.4 is 5.73 Å². The molecule has 1 aliphatic rings. The topological polar surface area (TPSA) is 47.1 Å². The Kier molecular flexibility index (Phi) is 2.95. The van der Waals surface area contributed by atoms with Crippen LogP contribution in [0.1, 0.15) is 38.4 Å². The first kappa shape index (κ1) is 10.5. The van der Waals surface area contributed by atoms with Crippen LogP contribution in [0, 0.1) is 0 Å². The number of hydrogen-bond acceptors (Lipinski definition) is 3. The molecule has 0 bridgehead atoms. The predicted molar refractivity (Wildman–Crippen MR) is 61.5 cm³/mol. The molecule has 0 aromatic carbocycles. The average molecular weight is 208 g/mol. The largest absolute Gasteiger partial charge is 0.369 e. The minimum absolute atomic E-state index is 0.393. The summed E-state index contributed by atoms with van der Waals surface area (Å²) in [4.78, 5) is 6.83. The molecule has 2 heterocycles. The van der Waals surface area contributed by atoms with Crippen molar-refractivity contribution < 1.29 is 0 Å². The Balaban J connectivity index is 2.05. The predicted octanol–water partition coefficient (Wildman–Crippen LogP) is 1.64. The number of hydrogen-bond donors (Lipinski definition) is 1. The summed E-state index contributed by atoms with van der Waals surface area (Å²) in [5.41, 5.74) is 6.95. The van der Waals surface area contributed by atoms with Gasteiger partial charge in [-0.3, -0.25) is 4.90 Å². The van der Waals surface area contributed by atoms with Crippen molar-refractivity contribution in [1.29, 1.82) is 0 Å². The van der Waals surface area contributed by atoms with Gasteiger partial charge in [0.2, 0.25) is 5.95 Å². The summed E-state index contributed by atoms with van der Waals surface area (Å²) in [6.45, 7) is 7.60. The van der Waals surface area contributed by atoms with E-state index in [1.807, 2.05) is 4.57 Å². The number of rotatable bonds is 3. The van der Waals surface area contributed by atoms with Crippen LogP contribution in [0.5, 0.6) is 0 Å². The van der Waals surface area contributed by atoms with E-state index in [-0.39, 0.29) is 0 Å². The number of anilines is 1. The Morgan fingerprint density at radius 2 is 2.07 bits per heavy atom. The normalized spacial score (nSPS) is 17.8. The molecule has 0 radical (unpaired) electrons. The van der Waals surface area contributed by atoms with Crippen molar-refractivity contribution in [1.82, 2.24) is 14.5 Å². The molecule has 2 N–H and O–H groups in total. The SMILES string of the molecule is CC(C)n1cc(CN2CCCC2)nc1N. The van der Waals surface area contributed by atoms with E-state index in [1.165, 1.54) is 25.9 Å². The zero-order valence-corrected chi connectivity index (χ0v) is 9.61. The molecule has 0 atom stereocenters. The van der Waals surface area contributed by atoms with E-state index in [0.29, 0.717) is 12.0 Å². The van der Waals surface area contributed by atoms with Gasteiger partial charge in [0.05, 0.1) is 5.69 Å². The fraction of sp³-hybridized carbons (Fsp3) is 0.727. The lowest BCUT2D eigenvalue weighted by Gasteiger charge is -2.11. The minimum Gasteiger partial charge on any atom is -0.369 e. The standard InChI is InChI=1S/C11H20N4/c1-9(2)15-8-10(13-11(15)12)7-14-5-3-4-6-14/h8-9H,3-7H2,1-2H3,(H2,12,13). The molecule has 2 rings (SSSR count). The van der Waals surface area contributed by atoms with Gasteiger partial charge in [-0.25, -0.2) is 4.98 Å². The highest BCUT2D eigenvalue weighted by atomic mass is 15.2. The van der Waals surface area contributed by atoms with Gasteiger partial charge < -0.3 is 10.3 Å². The van der Waals surface area contributed by atoms with Crippen molar-refractivity contribution in [3.05, 3.63) is 11.9 Å². The number of aromatic nitrogens is 2. The molecule has 4 nitrogen and oxygen atoms in total. The molecule has 1 aliphatic heterocycles. The lowest BCUT2D eigenvalue weighted by molar-refractivity contribution is 0.327. The van der Waals surface area contributed by atoms with E-state index in [4.69, 9.17) is 5.73 Å². The van der Waals surface area contributed by atoms with Crippen LogP contribution >= 0.6 is 0 Å². The van der Waals surface area contributed by atoms with E-state index < -0.39 is 0 Å². The van der Waals surface area contributed by atoms with Gasteiger partial charge in [0.1, 0.15) is 0 Å². The molecular weight excluding hydrogens is 188 g/mol. The van der Waals surface area contributed by atoms with Crippen LogP contribution in [0.15, 0.2) is 6.20 Å². The maximum atomic E-state index is 5.85. The molecule has 15 heavy (non-hydrogen) atoms. The van der Waals surface area contributed by atoms with E-state index in [2.05, 4.69) is 29.9 Å². The van der Waals surface area contributed by atoms with E-state index in [0.717, 1.165) is 12.2 Å². The lowest BCUT2D eigenvalue weighted by atomic mass is 10.4. The van der Waals surface area contributed by atoms with Crippen molar-refractivity contribution in [3.63, 3.8) is 0 Å². The van der Waals surface area contributed by atoms with Crippen LogP contribution in [-0.4, -0.2) is 27.5 Å². The first-order valence-electron chi connectivity index (χ1n) is 5.72. The Bertz CT molecular complexity index is 323. The van der Waals surface area contributed by atoms with Crippen LogP contribution in [-0.2, 0) is 6.54 Å². The first-order valence-corrected chi connectivity index (χ1v) is 5.72. The Labute approximate surface area is 91.1 Å². The first-order chi connectivity index (χ1) is 7.16. The highest BCUT2D eigenvalue weighted by molar-refractivity contribution is 5.22. The van der Waals surface area contributed by atoms with Crippen molar-refractivity contribution >= 4 is 5.95 Å². The number of nitrogen functional groups attached to an aromatic ring is 1. The number of imidazole rings is 1. The maximum absolute atomic E-state index is 5.85. The lowest BCUT2D eigenvalue weighted by Crippen LogP contribution is -2.18. The van der Waals surface area contributed by atoms with E-state index in [1.54, 1.807) is 0 Å². The van der Waals surface area contributed by atoms with E-state index in [9.17, 15) is 0 Å². The summed E-state index contributed by atoms with van der Waals surface area (Å²) in [5, 5.41) is 0. The monoisotopic (exact) mass is 208 g/mol. The van der Waals surface area contributed by atoms with Gasteiger partial charge in [-0.15, -0.1) is 0 Å². The molecule has 84 valence electrons. The zero-order chi connectivity index (χ0) is 10.8. The summed E-state index contributed by atoms with van der Waals surface area (Å²) in [6, 6.07) is 0.393. The van der Waals surface area contributed by atoms with Crippen LogP contribution in [0.2, 0.25) is 0 Å². The van der Waals surface area contributed by atoms with Crippen LogP contribution in [0.4, 0.5) is 5.95 Å². The fourth-order valence-electron chi connectivity index (χ4n) is 2.12. The third kappa shape index (κ3) is 2.31. The molecular formula is C11H20N4. The summed E-state index contributed by atoms with van der Waals surface area (Å²) in [5.74, 6) is 0.638. The summed E-state index contributed by atoms with van der Waals surface area (Å²) < 4.78 is 2.03. The number of nitrogens with two attached hydrogens (primary N) is 1. The fourth-order valence-corrected chi connectivity index (χ4v) is 2.12. The Morgan fingerprint density at radius 1 is 1.40 bits per heavy atom. The van der Waals surface area contributed by atoms with Gasteiger partial charge in [0.15, 0.2) is 0 Å². The Morgan fingerprint density at radius 3 is 2.60 bits per heavy atom. The second-order valence-electron chi connectivity index (χ2n) is 4.57. The Hall–Kier alpha value is -1.03. The minimum atomic E-state index is 0.393. The van der Waals surface area contributed by atoms with Gasteiger partial charge >= 0.3 is 0 Å². The van der Waals surface area contributed by atoms with Gasteiger partial charge in [-0.05, 0) is 39.8 Å². The molecule has 0 unspecified atom stereocenters.